The van der Waals surface area contributed by atoms with Gasteiger partial charge in [0.25, 0.3) is 0 Å². The van der Waals surface area contributed by atoms with Crippen LogP contribution in [0.4, 0.5) is 10.5 Å². The number of pyridine rings is 1. The number of aromatic nitrogens is 1. The summed E-state index contributed by atoms with van der Waals surface area (Å²) in [7, 11) is 0. The Balaban J connectivity index is 0.986. The summed E-state index contributed by atoms with van der Waals surface area (Å²) in [6.07, 6.45) is 3.27. The van der Waals surface area contributed by atoms with Gasteiger partial charge in [-0.05, 0) is 119 Å². The van der Waals surface area contributed by atoms with Crippen molar-refractivity contribution in [3.8, 4) is 28.4 Å². The summed E-state index contributed by atoms with van der Waals surface area (Å²) in [4.78, 5) is 46.4. The molecule has 2 aliphatic rings. The summed E-state index contributed by atoms with van der Waals surface area (Å²) in [5.74, 6) is -0.0750. The molecule has 3 heterocycles. The normalized spacial score (nSPS) is 15.9. The average Bonchev–Trinajstić information content (AvgIpc) is 3.25. The van der Waals surface area contributed by atoms with Gasteiger partial charge >= 0.3 is 12.0 Å². The molecule has 0 bridgehead atoms. The van der Waals surface area contributed by atoms with Crippen LogP contribution in [-0.2, 0) is 35.6 Å². The number of amides is 3. The molecule has 2 aliphatic heterocycles. The molecule has 0 aliphatic carbocycles. The molecule has 3 N–H and O–H groups in total. The van der Waals surface area contributed by atoms with E-state index in [1.165, 1.54) is 4.90 Å². The highest BCUT2D eigenvalue weighted by Gasteiger charge is 2.38. The van der Waals surface area contributed by atoms with Crippen molar-refractivity contribution in [2.75, 3.05) is 11.9 Å². The van der Waals surface area contributed by atoms with Gasteiger partial charge in [0.15, 0.2) is 17.6 Å². The number of benzene rings is 5. The molecule has 3 atom stereocenters. The Morgan fingerprint density at radius 1 is 0.885 bits per heavy atom. The Kier molecular flexibility index (Phi) is 12.1. The smallest absolute Gasteiger partial charge is 0.326 e. The highest BCUT2D eigenvalue weighted by atomic mass is 35.5. The van der Waals surface area contributed by atoms with Crippen LogP contribution >= 0.6 is 23.2 Å². The highest BCUT2D eigenvalue weighted by molar-refractivity contribution is 6.42. The van der Waals surface area contributed by atoms with E-state index in [9.17, 15) is 19.5 Å². The van der Waals surface area contributed by atoms with Gasteiger partial charge in [0.1, 0.15) is 31.0 Å². The Hall–Kier alpha value is -6.56. The van der Waals surface area contributed by atoms with Crippen LogP contribution in [0.2, 0.25) is 10.0 Å². The highest BCUT2D eigenvalue weighted by Crippen LogP contribution is 2.41. The standard InChI is InChI=1S/C48H42Cl2N4O7/c1-28-4-3-5-36(18-28)52-48(58)54-25-35-23-44-43(60-27-45(61-44)33-11-13-37(14-12-33)59-26-31-8-15-39(49)40(50)19-31)22-34(35)21-42(54)46(55)53-41(47(56)57)20-30-6-9-32(10-7-30)38-16-17-51-24-29(38)2/h3-19,22-24,41-42,45H,20-21,25-27H2,1-2H3,(H,52,58)(H,53,55)(H,56,57). The number of aryl methyl sites for hydroxylation is 2. The SMILES string of the molecule is Cc1cccc(NC(=O)N2Cc3cc4c(cc3CC2C(=O)NC(Cc2ccc(-c3ccncc3C)cc2)C(=O)O)OCC(c2ccc(OCc3ccc(Cl)c(Cl)c3)cc2)O4)c1. The third-order valence-corrected chi connectivity index (χ3v) is 11.6. The number of carbonyl (C=O) groups is 3. The maximum atomic E-state index is 14.2. The molecule has 0 saturated carbocycles. The number of aliphatic carboxylic acids is 1. The van der Waals surface area contributed by atoms with Gasteiger partial charge in [-0.15, -0.1) is 0 Å². The van der Waals surface area contributed by atoms with E-state index in [2.05, 4.69) is 15.6 Å². The Bertz CT molecular complexity index is 2600. The molecule has 61 heavy (non-hydrogen) atoms. The number of hydrogen-bond donors (Lipinski definition) is 3. The van der Waals surface area contributed by atoms with Crippen molar-refractivity contribution < 1.29 is 33.7 Å². The second-order valence-electron chi connectivity index (χ2n) is 15.2. The molecule has 3 amide bonds. The first-order valence-corrected chi connectivity index (χ1v) is 20.5. The molecule has 0 fully saturated rings. The number of carbonyl (C=O) groups excluding carboxylic acids is 2. The van der Waals surface area contributed by atoms with E-state index in [0.29, 0.717) is 39.6 Å². The van der Waals surface area contributed by atoms with E-state index in [1.54, 1.807) is 30.6 Å². The van der Waals surface area contributed by atoms with E-state index < -0.39 is 36.1 Å². The molecule has 3 unspecified atom stereocenters. The van der Waals surface area contributed by atoms with Crippen LogP contribution in [0.1, 0.15) is 45.0 Å². The van der Waals surface area contributed by atoms with Crippen LogP contribution in [0.3, 0.4) is 0 Å². The lowest BCUT2D eigenvalue weighted by atomic mass is 9.92. The lowest BCUT2D eigenvalue weighted by Gasteiger charge is -2.37. The summed E-state index contributed by atoms with van der Waals surface area (Å²) >= 11 is 12.2. The van der Waals surface area contributed by atoms with Crippen molar-refractivity contribution in [3.63, 3.8) is 0 Å². The first kappa shape index (κ1) is 41.2. The Morgan fingerprint density at radius 2 is 1.66 bits per heavy atom. The number of rotatable bonds is 11. The number of nitrogens with one attached hydrogen (secondary N) is 2. The number of fused-ring (bicyclic) bond motifs is 2. The van der Waals surface area contributed by atoms with E-state index in [1.807, 2.05) is 105 Å². The molecule has 310 valence electrons. The largest absolute Gasteiger partial charge is 0.489 e. The van der Waals surface area contributed by atoms with Crippen molar-refractivity contribution in [1.82, 2.24) is 15.2 Å². The maximum absolute atomic E-state index is 14.2. The number of anilines is 1. The van der Waals surface area contributed by atoms with Crippen LogP contribution in [-0.4, -0.2) is 51.6 Å². The van der Waals surface area contributed by atoms with Crippen molar-refractivity contribution >= 4 is 46.8 Å². The number of hydrogen-bond acceptors (Lipinski definition) is 7. The summed E-state index contributed by atoms with van der Waals surface area (Å²) in [5.41, 5.74) is 8.61. The fourth-order valence-electron chi connectivity index (χ4n) is 7.58. The topological polar surface area (TPSA) is 139 Å². The molecule has 6 aromatic rings. The zero-order valence-corrected chi connectivity index (χ0v) is 34.9. The second-order valence-corrected chi connectivity index (χ2v) is 16.0. The minimum atomic E-state index is -1.25. The molecule has 1 aromatic heterocycles. The predicted molar refractivity (Wildman–Crippen MR) is 233 cm³/mol. The third-order valence-electron chi connectivity index (χ3n) is 10.9. The van der Waals surface area contributed by atoms with Crippen molar-refractivity contribution in [2.24, 2.45) is 0 Å². The van der Waals surface area contributed by atoms with Crippen molar-refractivity contribution in [1.29, 1.82) is 0 Å². The fourth-order valence-corrected chi connectivity index (χ4v) is 7.90. The Morgan fingerprint density at radius 3 is 2.39 bits per heavy atom. The zero-order valence-electron chi connectivity index (χ0n) is 33.4. The Labute approximate surface area is 363 Å². The molecule has 8 rings (SSSR count). The number of carboxylic acids is 1. The fraction of sp³-hybridized carbons (Fsp3) is 0.208. The van der Waals surface area contributed by atoms with Crippen LogP contribution in [0, 0.1) is 13.8 Å². The minimum Gasteiger partial charge on any atom is -0.489 e. The zero-order chi connectivity index (χ0) is 42.6. The van der Waals surface area contributed by atoms with Crippen LogP contribution < -0.4 is 24.8 Å². The van der Waals surface area contributed by atoms with Gasteiger partial charge in [-0.3, -0.25) is 9.78 Å². The van der Waals surface area contributed by atoms with E-state index in [-0.39, 0.29) is 26.0 Å². The average molecular weight is 858 g/mol. The summed E-state index contributed by atoms with van der Waals surface area (Å²) in [6, 6.07) is 30.7. The van der Waals surface area contributed by atoms with Gasteiger partial charge in [0.05, 0.1) is 10.0 Å². The van der Waals surface area contributed by atoms with Crippen molar-refractivity contribution in [2.45, 2.75) is 58.0 Å². The molecule has 11 nitrogen and oxygen atoms in total. The van der Waals surface area contributed by atoms with E-state index in [4.69, 9.17) is 37.4 Å². The maximum Gasteiger partial charge on any atom is 0.326 e. The number of carboxylic acid groups (broad SMARTS) is 1. The van der Waals surface area contributed by atoms with E-state index in [0.717, 1.165) is 50.1 Å². The van der Waals surface area contributed by atoms with Crippen LogP contribution in [0.5, 0.6) is 17.2 Å². The molecule has 0 saturated heterocycles. The summed E-state index contributed by atoms with van der Waals surface area (Å²) in [5, 5.41) is 16.9. The summed E-state index contributed by atoms with van der Waals surface area (Å²) in [6.45, 7) is 4.52. The predicted octanol–water partition coefficient (Wildman–Crippen LogP) is 9.53. The molecule has 5 aromatic carbocycles. The van der Waals surface area contributed by atoms with Crippen molar-refractivity contribution in [3.05, 3.63) is 171 Å². The van der Waals surface area contributed by atoms with Gasteiger partial charge in [-0.2, -0.15) is 0 Å². The van der Waals surface area contributed by atoms with Gasteiger partial charge in [0.2, 0.25) is 5.91 Å². The summed E-state index contributed by atoms with van der Waals surface area (Å²) < 4.78 is 18.7. The number of urea groups is 1. The van der Waals surface area contributed by atoms with Crippen LogP contribution in [0.25, 0.3) is 11.1 Å². The first-order valence-electron chi connectivity index (χ1n) is 19.8. The number of nitrogens with zero attached hydrogens (tertiary/aromatic N) is 2. The molecule has 13 heteroatoms. The number of ether oxygens (including phenoxy) is 3. The lowest BCUT2D eigenvalue weighted by Crippen LogP contribution is -2.56. The van der Waals surface area contributed by atoms with Gasteiger partial charge in [-0.1, -0.05) is 77.8 Å². The van der Waals surface area contributed by atoms with Crippen LogP contribution in [0.15, 0.2) is 122 Å². The molecular formula is C48H42Cl2N4O7. The monoisotopic (exact) mass is 856 g/mol. The molecule has 0 spiro atoms. The van der Waals surface area contributed by atoms with Gasteiger partial charge in [0, 0.05) is 37.5 Å². The third kappa shape index (κ3) is 9.59. The van der Waals surface area contributed by atoms with Gasteiger partial charge < -0.3 is 34.9 Å². The molecular weight excluding hydrogens is 815 g/mol. The lowest BCUT2D eigenvalue weighted by molar-refractivity contribution is -0.142. The quantitative estimate of drug-likeness (QED) is 0.117. The molecule has 0 radical (unpaired) electrons. The number of halogens is 2. The minimum absolute atomic E-state index is 0.0454. The van der Waals surface area contributed by atoms with E-state index >= 15 is 0 Å². The second kappa shape index (κ2) is 18.0. The van der Waals surface area contributed by atoms with Gasteiger partial charge in [-0.25, -0.2) is 9.59 Å². The first-order chi connectivity index (χ1) is 29.5.